The number of benzene rings is 1. The lowest BCUT2D eigenvalue weighted by atomic mass is 9.71. The first-order valence-electron chi connectivity index (χ1n) is 10.1. The van der Waals surface area contributed by atoms with E-state index in [9.17, 15) is 9.90 Å². The first-order chi connectivity index (χ1) is 13.3. The molecule has 1 aromatic rings. The fourth-order valence-corrected chi connectivity index (χ4v) is 3.94. The molecule has 4 heteroatoms. The van der Waals surface area contributed by atoms with Crippen molar-refractivity contribution in [3.8, 4) is 0 Å². The molecule has 0 unspecified atom stereocenters. The first-order valence-corrected chi connectivity index (χ1v) is 10.1. The third kappa shape index (κ3) is 5.33. The Hall–Kier alpha value is -1.91. The van der Waals surface area contributed by atoms with Crippen LogP contribution in [-0.4, -0.2) is 30.4 Å². The summed E-state index contributed by atoms with van der Waals surface area (Å²) < 4.78 is 11.1. The molecule has 1 aromatic carbocycles. The van der Waals surface area contributed by atoms with Crippen molar-refractivity contribution in [3.63, 3.8) is 0 Å². The molecule has 0 amide bonds. The molecular formula is C24H34O4. The van der Waals surface area contributed by atoms with Crippen LogP contribution in [0.5, 0.6) is 0 Å². The maximum absolute atomic E-state index is 12.5. The highest BCUT2D eigenvalue weighted by Gasteiger charge is 2.36. The van der Waals surface area contributed by atoms with Crippen molar-refractivity contribution in [3.05, 3.63) is 59.2 Å². The van der Waals surface area contributed by atoms with Crippen molar-refractivity contribution < 1.29 is 19.4 Å². The average molecular weight is 387 g/mol. The zero-order chi connectivity index (χ0) is 20.7. The summed E-state index contributed by atoms with van der Waals surface area (Å²) in [7, 11) is 1.39. The van der Waals surface area contributed by atoms with Crippen molar-refractivity contribution in [1.82, 2.24) is 0 Å². The number of hydrogen-bond acceptors (Lipinski definition) is 4. The minimum atomic E-state index is -1.08. The number of aliphatic hydroxyl groups excluding tert-OH is 1. The van der Waals surface area contributed by atoms with Crippen LogP contribution in [0.15, 0.2) is 53.6 Å². The molecule has 0 heterocycles. The van der Waals surface area contributed by atoms with Crippen LogP contribution >= 0.6 is 0 Å². The van der Waals surface area contributed by atoms with Crippen LogP contribution in [0.1, 0.15) is 46.1 Å². The molecule has 0 saturated carbocycles. The molecule has 0 radical (unpaired) electrons. The monoisotopic (exact) mass is 386 g/mol. The lowest BCUT2D eigenvalue weighted by molar-refractivity contribution is -0.168. The number of methoxy groups -OCH3 is 1. The van der Waals surface area contributed by atoms with E-state index in [1.807, 2.05) is 30.3 Å². The van der Waals surface area contributed by atoms with Crippen molar-refractivity contribution in [1.29, 1.82) is 0 Å². The molecule has 2 rings (SSSR count). The fraction of sp³-hybridized carbons (Fsp3) is 0.542. The van der Waals surface area contributed by atoms with E-state index in [1.165, 1.54) is 12.7 Å². The average Bonchev–Trinajstić information content (AvgIpc) is 2.70. The largest absolute Gasteiger partial charge is 0.467 e. The third-order valence-electron chi connectivity index (χ3n) is 5.85. The molecule has 154 valence electrons. The summed E-state index contributed by atoms with van der Waals surface area (Å²) in [6.07, 6.45) is 5.67. The van der Waals surface area contributed by atoms with Gasteiger partial charge in [-0.2, -0.15) is 0 Å². The van der Waals surface area contributed by atoms with Crippen molar-refractivity contribution in [2.45, 2.75) is 52.7 Å². The molecule has 0 saturated heterocycles. The van der Waals surface area contributed by atoms with E-state index in [1.54, 1.807) is 6.92 Å². The molecule has 0 aliphatic heterocycles. The van der Waals surface area contributed by atoms with Gasteiger partial charge in [0.05, 0.1) is 20.3 Å². The van der Waals surface area contributed by atoms with Gasteiger partial charge in [-0.15, -0.1) is 0 Å². The van der Waals surface area contributed by atoms with Gasteiger partial charge in [0.1, 0.15) is 0 Å². The Bertz CT molecular complexity index is 705. The standard InChI is InChI=1S/C24H34O4/c1-17(2)20-12-11-18(3)21(22(20)15-25)13-14-24(4,23(26)27-5)28-16-19-9-7-6-8-10-19/h6-11,13,17,20,22,25H,12,14-16H2,1-5H3/b21-13-/t20-,22-,24+/m1/s1. The molecular weight excluding hydrogens is 352 g/mol. The Morgan fingerprint density at radius 3 is 2.57 bits per heavy atom. The summed E-state index contributed by atoms with van der Waals surface area (Å²) in [5, 5.41) is 10.0. The summed E-state index contributed by atoms with van der Waals surface area (Å²) in [5.41, 5.74) is 2.21. The van der Waals surface area contributed by atoms with Crippen molar-refractivity contribution in [2.75, 3.05) is 13.7 Å². The minimum absolute atomic E-state index is 0.0843. The van der Waals surface area contributed by atoms with E-state index in [4.69, 9.17) is 9.47 Å². The Morgan fingerprint density at radius 1 is 1.32 bits per heavy atom. The van der Waals surface area contributed by atoms with Crippen molar-refractivity contribution in [2.24, 2.45) is 17.8 Å². The van der Waals surface area contributed by atoms with Gasteiger partial charge in [-0.05, 0) is 43.2 Å². The van der Waals surface area contributed by atoms with Crippen LogP contribution in [0.25, 0.3) is 0 Å². The predicted octanol–water partition coefficient (Wildman–Crippen LogP) is 4.68. The second-order valence-electron chi connectivity index (χ2n) is 8.18. The highest BCUT2D eigenvalue weighted by Crippen LogP contribution is 2.39. The number of rotatable bonds is 8. The fourth-order valence-electron chi connectivity index (χ4n) is 3.94. The van der Waals surface area contributed by atoms with Gasteiger partial charge in [-0.1, -0.05) is 61.9 Å². The summed E-state index contributed by atoms with van der Waals surface area (Å²) in [4.78, 5) is 12.5. The molecule has 0 spiro atoms. The highest BCUT2D eigenvalue weighted by molar-refractivity contribution is 5.79. The smallest absolute Gasteiger partial charge is 0.338 e. The number of ether oxygens (including phenoxy) is 2. The van der Waals surface area contributed by atoms with Crippen LogP contribution in [0.2, 0.25) is 0 Å². The molecule has 1 aliphatic carbocycles. The lowest BCUT2D eigenvalue weighted by Crippen LogP contribution is -2.39. The van der Waals surface area contributed by atoms with Gasteiger partial charge in [0.2, 0.25) is 0 Å². The Balaban J connectivity index is 2.23. The van der Waals surface area contributed by atoms with Crippen LogP contribution in [0.4, 0.5) is 0 Å². The molecule has 0 aromatic heterocycles. The maximum Gasteiger partial charge on any atom is 0.338 e. The van der Waals surface area contributed by atoms with E-state index >= 15 is 0 Å². The van der Waals surface area contributed by atoms with Gasteiger partial charge in [0.25, 0.3) is 0 Å². The first kappa shape index (κ1) is 22.4. The normalized spacial score (nSPS) is 23.4. The molecule has 0 fully saturated rings. The van der Waals surface area contributed by atoms with Crippen LogP contribution in [0, 0.1) is 17.8 Å². The summed E-state index contributed by atoms with van der Waals surface area (Å²) in [6, 6.07) is 9.79. The maximum atomic E-state index is 12.5. The van der Waals surface area contributed by atoms with Gasteiger partial charge in [0.15, 0.2) is 5.60 Å². The van der Waals surface area contributed by atoms with E-state index in [0.29, 0.717) is 24.9 Å². The summed E-state index contributed by atoms with van der Waals surface area (Å²) in [5.74, 6) is 0.570. The van der Waals surface area contributed by atoms with E-state index < -0.39 is 11.6 Å². The zero-order valence-corrected chi connectivity index (χ0v) is 17.8. The number of hydrogen-bond donors (Lipinski definition) is 1. The summed E-state index contributed by atoms with van der Waals surface area (Å²) >= 11 is 0. The zero-order valence-electron chi connectivity index (χ0n) is 17.8. The van der Waals surface area contributed by atoms with Gasteiger partial charge >= 0.3 is 5.97 Å². The van der Waals surface area contributed by atoms with E-state index in [-0.39, 0.29) is 12.5 Å². The highest BCUT2D eigenvalue weighted by atomic mass is 16.6. The van der Waals surface area contributed by atoms with Gasteiger partial charge < -0.3 is 14.6 Å². The molecule has 1 N–H and O–H groups in total. The Labute approximate surface area is 169 Å². The number of carbonyl (C=O) groups excluding carboxylic acids is 1. The van der Waals surface area contributed by atoms with Crippen LogP contribution in [0.3, 0.4) is 0 Å². The Morgan fingerprint density at radius 2 is 2.00 bits per heavy atom. The second kappa shape index (κ2) is 10.0. The lowest BCUT2D eigenvalue weighted by Gasteiger charge is -2.35. The van der Waals surface area contributed by atoms with Gasteiger partial charge in [-0.25, -0.2) is 4.79 Å². The quantitative estimate of drug-likeness (QED) is 0.659. The van der Waals surface area contributed by atoms with Crippen molar-refractivity contribution >= 4 is 5.97 Å². The number of allylic oxidation sites excluding steroid dienone is 2. The van der Waals surface area contributed by atoms with Gasteiger partial charge in [0, 0.05) is 12.3 Å². The van der Waals surface area contributed by atoms with E-state index in [0.717, 1.165) is 17.6 Å². The second-order valence-corrected chi connectivity index (χ2v) is 8.18. The Kier molecular flexibility index (Phi) is 8.02. The predicted molar refractivity (Wildman–Crippen MR) is 112 cm³/mol. The third-order valence-corrected chi connectivity index (χ3v) is 5.85. The number of esters is 1. The SMILES string of the molecule is COC(=O)[C@](C)(C/C=C1/C(C)=CC[C@H](C(C)C)[C@H]1CO)OCc1ccccc1. The molecule has 3 atom stereocenters. The molecule has 1 aliphatic rings. The van der Waals surface area contributed by atoms with Crippen LogP contribution in [-0.2, 0) is 20.9 Å². The molecule has 28 heavy (non-hydrogen) atoms. The summed E-state index contributed by atoms with van der Waals surface area (Å²) in [6.45, 7) is 8.68. The van der Waals surface area contributed by atoms with Gasteiger partial charge in [-0.3, -0.25) is 0 Å². The number of aliphatic hydroxyl groups is 1. The minimum Gasteiger partial charge on any atom is -0.467 e. The molecule has 4 nitrogen and oxygen atoms in total. The topological polar surface area (TPSA) is 55.8 Å². The van der Waals surface area contributed by atoms with Crippen LogP contribution < -0.4 is 0 Å². The number of carbonyl (C=O) groups is 1. The van der Waals surface area contributed by atoms with E-state index in [2.05, 4.69) is 32.9 Å². The molecule has 0 bridgehead atoms.